The lowest BCUT2D eigenvalue weighted by Crippen LogP contribution is -2.30. The van der Waals surface area contributed by atoms with E-state index in [0.717, 1.165) is 11.3 Å². The van der Waals surface area contributed by atoms with Crippen molar-refractivity contribution >= 4 is 45.8 Å². The summed E-state index contributed by atoms with van der Waals surface area (Å²) in [6, 6.07) is 13.5. The van der Waals surface area contributed by atoms with E-state index >= 15 is 0 Å². The zero-order valence-corrected chi connectivity index (χ0v) is 16.1. The van der Waals surface area contributed by atoms with Crippen LogP contribution >= 0.6 is 11.8 Å². The number of amidine groups is 1. The number of carbonyl (C=O) groups is 2. The average Bonchev–Trinajstić information content (AvgIpc) is 2.90. The first-order valence-electron chi connectivity index (χ1n) is 8.48. The maximum Gasteiger partial charge on any atom is 0.292 e. The van der Waals surface area contributed by atoms with Crippen molar-refractivity contribution in [3.63, 3.8) is 0 Å². The Kier molecular flexibility index (Phi) is 5.74. The molecule has 2 aromatic carbocycles. The fourth-order valence-electron chi connectivity index (χ4n) is 2.71. The number of hydrogen-bond donors (Lipinski definition) is 1. The molecule has 28 heavy (non-hydrogen) atoms. The van der Waals surface area contributed by atoms with E-state index in [1.54, 1.807) is 13.1 Å². The van der Waals surface area contributed by atoms with Gasteiger partial charge in [-0.15, -0.1) is 0 Å². The van der Waals surface area contributed by atoms with Gasteiger partial charge in [0, 0.05) is 19.5 Å². The molecule has 1 atom stereocenters. The van der Waals surface area contributed by atoms with Crippen LogP contribution in [0.25, 0.3) is 0 Å². The third-order valence-electron chi connectivity index (χ3n) is 4.11. The molecule has 1 N–H and O–H groups in total. The van der Waals surface area contributed by atoms with Crippen molar-refractivity contribution in [1.82, 2.24) is 4.90 Å². The molecule has 0 unspecified atom stereocenters. The molecule has 0 radical (unpaired) electrons. The molecule has 0 spiro atoms. The van der Waals surface area contributed by atoms with Crippen LogP contribution in [0.1, 0.15) is 12.0 Å². The Balaban J connectivity index is 1.70. The van der Waals surface area contributed by atoms with Gasteiger partial charge in [0.2, 0.25) is 11.8 Å². The number of anilines is 1. The first kappa shape index (κ1) is 19.6. The number of nitrogens with zero attached hydrogens (tertiary/aromatic N) is 3. The van der Waals surface area contributed by atoms with Crippen molar-refractivity contribution in [2.24, 2.45) is 4.99 Å². The number of nitro groups is 1. The smallest absolute Gasteiger partial charge is 0.292 e. The molecule has 144 valence electrons. The largest absolute Gasteiger partial charge is 0.320 e. The minimum atomic E-state index is -0.628. The van der Waals surface area contributed by atoms with Crippen molar-refractivity contribution < 1.29 is 14.5 Å². The summed E-state index contributed by atoms with van der Waals surface area (Å²) >= 11 is 1.21. The number of nitro benzene ring substituents is 1. The summed E-state index contributed by atoms with van der Waals surface area (Å²) in [7, 11) is 1.61. The number of hydrogen-bond acceptors (Lipinski definition) is 6. The monoisotopic (exact) mass is 398 g/mol. The molecule has 8 nitrogen and oxygen atoms in total. The van der Waals surface area contributed by atoms with Crippen LogP contribution in [0, 0.1) is 17.0 Å². The summed E-state index contributed by atoms with van der Waals surface area (Å²) in [5.74, 6) is -0.695. The highest BCUT2D eigenvalue weighted by Gasteiger charge is 2.37. The molecule has 1 saturated heterocycles. The number of aryl methyl sites for hydroxylation is 1. The number of carbonyl (C=O) groups excluding carboxylic acids is 2. The number of nitrogens with one attached hydrogen (secondary N) is 1. The van der Waals surface area contributed by atoms with Crippen molar-refractivity contribution in [2.45, 2.75) is 18.6 Å². The van der Waals surface area contributed by atoms with Gasteiger partial charge in [0.25, 0.3) is 5.69 Å². The van der Waals surface area contributed by atoms with Gasteiger partial charge in [0.05, 0.1) is 10.6 Å². The normalized spacial score (nSPS) is 17.8. The molecule has 0 bridgehead atoms. The molecule has 1 fully saturated rings. The van der Waals surface area contributed by atoms with Gasteiger partial charge in [-0.2, -0.15) is 0 Å². The van der Waals surface area contributed by atoms with Gasteiger partial charge in [-0.05, 0) is 30.7 Å². The van der Waals surface area contributed by atoms with Crippen molar-refractivity contribution in [3.8, 4) is 0 Å². The summed E-state index contributed by atoms with van der Waals surface area (Å²) < 4.78 is 0. The quantitative estimate of drug-likeness (QED) is 0.613. The highest BCUT2D eigenvalue weighted by Crippen LogP contribution is 2.31. The van der Waals surface area contributed by atoms with E-state index < -0.39 is 16.1 Å². The third-order valence-corrected chi connectivity index (χ3v) is 5.34. The Morgan fingerprint density at radius 3 is 2.75 bits per heavy atom. The van der Waals surface area contributed by atoms with E-state index in [1.165, 1.54) is 34.9 Å². The fourth-order valence-corrected chi connectivity index (χ4v) is 3.87. The van der Waals surface area contributed by atoms with Crippen molar-refractivity contribution in [3.05, 3.63) is 64.2 Å². The van der Waals surface area contributed by atoms with Crippen LogP contribution in [0.2, 0.25) is 0 Å². The van der Waals surface area contributed by atoms with Crippen LogP contribution in [-0.2, 0) is 9.59 Å². The number of rotatable bonds is 5. The molecule has 2 amide bonds. The van der Waals surface area contributed by atoms with Crippen LogP contribution in [-0.4, -0.2) is 39.1 Å². The first-order valence-corrected chi connectivity index (χ1v) is 9.36. The molecular formula is C19H18N4O4S. The Morgan fingerprint density at radius 2 is 2.04 bits per heavy atom. The highest BCUT2D eigenvalue weighted by molar-refractivity contribution is 8.15. The van der Waals surface area contributed by atoms with Gasteiger partial charge >= 0.3 is 0 Å². The van der Waals surface area contributed by atoms with Gasteiger partial charge in [-0.25, -0.2) is 4.99 Å². The Bertz CT molecular complexity index is 976. The summed E-state index contributed by atoms with van der Waals surface area (Å²) in [5.41, 5.74) is 1.70. The minimum Gasteiger partial charge on any atom is -0.320 e. The van der Waals surface area contributed by atoms with Crippen LogP contribution in [0.5, 0.6) is 0 Å². The number of thioether (sulfide) groups is 1. The lowest BCUT2D eigenvalue weighted by molar-refractivity contribution is -0.383. The maximum atomic E-state index is 12.5. The number of para-hydroxylation sites is 2. The molecule has 0 aromatic heterocycles. The van der Waals surface area contributed by atoms with E-state index in [4.69, 9.17) is 0 Å². The van der Waals surface area contributed by atoms with E-state index in [1.807, 2.05) is 31.2 Å². The predicted molar refractivity (Wildman–Crippen MR) is 109 cm³/mol. The number of aliphatic imine (C=N–C) groups is 1. The van der Waals surface area contributed by atoms with Crippen molar-refractivity contribution in [2.75, 3.05) is 12.4 Å². The summed E-state index contributed by atoms with van der Waals surface area (Å²) in [6.45, 7) is 1.95. The molecule has 9 heteroatoms. The molecular weight excluding hydrogens is 380 g/mol. The summed E-state index contributed by atoms with van der Waals surface area (Å²) in [6.07, 6.45) is -0.104. The average molecular weight is 398 g/mol. The molecule has 2 aromatic rings. The third kappa shape index (κ3) is 4.37. The Labute approximate surface area is 165 Å². The minimum absolute atomic E-state index is 0.104. The molecule has 0 aliphatic carbocycles. The Morgan fingerprint density at radius 1 is 1.29 bits per heavy atom. The van der Waals surface area contributed by atoms with Crippen LogP contribution in [0.15, 0.2) is 53.5 Å². The van der Waals surface area contributed by atoms with Gasteiger partial charge in [-0.1, -0.05) is 36.0 Å². The van der Waals surface area contributed by atoms with Crippen LogP contribution in [0.3, 0.4) is 0 Å². The molecule has 1 aliphatic rings. The molecule has 0 saturated carbocycles. The lowest BCUT2D eigenvalue weighted by Gasteiger charge is -2.09. The van der Waals surface area contributed by atoms with Gasteiger partial charge in [-0.3, -0.25) is 24.6 Å². The fraction of sp³-hybridized carbons (Fsp3) is 0.211. The zero-order chi connectivity index (χ0) is 20.3. The Hall–Kier alpha value is -3.20. The molecule has 1 heterocycles. The summed E-state index contributed by atoms with van der Waals surface area (Å²) in [5, 5.41) is 13.5. The van der Waals surface area contributed by atoms with Gasteiger partial charge in [0.1, 0.15) is 10.9 Å². The molecule has 1 aliphatic heterocycles. The zero-order valence-electron chi connectivity index (χ0n) is 15.3. The second kappa shape index (κ2) is 8.22. The van der Waals surface area contributed by atoms with E-state index in [0.29, 0.717) is 5.17 Å². The van der Waals surface area contributed by atoms with E-state index in [-0.39, 0.29) is 23.7 Å². The van der Waals surface area contributed by atoms with Gasteiger partial charge < -0.3 is 5.32 Å². The van der Waals surface area contributed by atoms with Gasteiger partial charge in [0.15, 0.2) is 5.17 Å². The van der Waals surface area contributed by atoms with Crippen LogP contribution in [0.4, 0.5) is 17.1 Å². The topological polar surface area (TPSA) is 105 Å². The standard InChI is InChI=1S/C19H18N4O4S/c1-12-6-5-7-13(10-12)20-19-22(2)18(25)16(28-19)11-17(24)21-14-8-3-4-9-15(14)23(26)27/h3-10,16H,11H2,1-2H3,(H,21,24)/t16-/m0/s1. The molecule has 3 rings (SSSR count). The van der Waals surface area contributed by atoms with E-state index in [9.17, 15) is 19.7 Å². The highest BCUT2D eigenvalue weighted by atomic mass is 32.2. The second-order valence-electron chi connectivity index (χ2n) is 6.26. The lowest BCUT2D eigenvalue weighted by atomic mass is 10.2. The van der Waals surface area contributed by atoms with Crippen molar-refractivity contribution in [1.29, 1.82) is 0 Å². The SMILES string of the molecule is Cc1cccc(N=C2S[C@@H](CC(=O)Nc3ccccc3[N+](=O)[O-])C(=O)N2C)c1. The second-order valence-corrected chi connectivity index (χ2v) is 7.43. The van der Waals surface area contributed by atoms with E-state index in [2.05, 4.69) is 10.3 Å². The number of amides is 2. The first-order chi connectivity index (χ1) is 13.3. The summed E-state index contributed by atoms with van der Waals surface area (Å²) in [4.78, 5) is 41.2. The maximum absolute atomic E-state index is 12.5. The predicted octanol–water partition coefficient (Wildman–Crippen LogP) is 3.49. The van der Waals surface area contributed by atoms with Crippen LogP contribution < -0.4 is 5.32 Å². The number of benzene rings is 2.